The molecule has 19 heavy (non-hydrogen) atoms. The molecule has 2 atom stereocenters. The number of nitrogens with one attached hydrogen (secondary N) is 1. The minimum atomic E-state index is 0.127. The molecule has 3 N–H and O–H groups in total. The molecule has 0 saturated carbocycles. The highest BCUT2D eigenvalue weighted by Crippen LogP contribution is 2.39. The fourth-order valence-electron chi connectivity index (χ4n) is 2.09. The molecule has 5 heteroatoms. The average molecular weight is 329 g/mol. The van der Waals surface area contributed by atoms with Crippen molar-refractivity contribution in [3.05, 3.63) is 22.2 Å². The molecule has 1 heterocycles. The molecule has 2 rings (SSSR count). The van der Waals surface area contributed by atoms with Crippen LogP contribution in [-0.4, -0.2) is 25.8 Å². The second-order valence-electron chi connectivity index (χ2n) is 4.79. The minimum absolute atomic E-state index is 0.127. The summed E-state index contributed by atoms with van der Waals surface area (Å²) in [7, 11) is 0. The maximum absolute atomic E-state index is 5.88. The standard InChI is InChI=1S/C14H21BrN2O2/c1-3-9(2)17-12(8-16)10-6-11(15)14-13(7-10)18-4-5-19-14/h6-7,9,12,17H,3-5,8,16H2,1-2H3. The molecule has 1 aromatic rings. The third-order valence-corrected chi connectivity index (χ3v) is 3.94. The van der Waals surface area contributed by atoms with E-state index in [1.807, 2.05) is 6.07 Å². The number of rotatable bonds is 5. The van der Waals surface area contributed by atoms with Crippen molar-refractivity contribution in [2.24, 2.45) is 5.73 Å². The summed E-state index contributed by atoms with van der Waals surface area (Å²) in [4.78, 5) is 0. The monoisotopic (exact) mass is 328 g/mol. The Balaban J connectivity index is 2.25. The van der Waals surface area contributed by atoms with E-state index in [9.17, 15) is 0 Å². The number of benzene rings is 1. The number of halogens is 1. The first kappa shape index (κ1) is 14.6. The lowest BCUT2D eigenvalue weighted by Gasteiger charge is -2.25. The molecule has 4 nitrogen and oxygen atoms in total. The van der Waals surface area contributed by atoms with Crippen molar-refractivity contribution in [2.45, 2.75) is 32.4 Å². The summed E-state index contributed by atoms with van der Waals surface area (Å²) in [5, 5.41) is 3.52. The van der Waals surface area contributed by atoms with Crippen molar-refractivity contribution in [1.82, 2.24) is 5.32 Å². The van der Waals surface area contributed by atoms with Gasteiger partial charge in [-0.05, 0) is 47.0 Å². The second-order valence-corrected chi connectivity index (χ2v) is 5.65. The van der Waals surface area contributed by atoms with Gasteiger partial charge in [-0.1, -0.05) is 6.92 Å². The Labute approximate surface area is 122 Å². The van der Waals surface area contributed by atoms with Crippen molar-refractivity contribution in [3.63, 3.8) is 0 Å². The SMILES string of the molecule is CCC(C)NC(CN)c1cc(Br)c2c(c1)OCCO2. The molecule has 0 amide bonds. The largest absolute Gasteiger partial charge is 0.486 e. The van der Waals surface area contributed by atoms with E-state index >= 15 is 0 Å². The van der Waals surface area contributed by atoms with Gasteiger partial charge in [0.05, 0.1) is 4.47 Å². The number of ether oxygens (including phenoxy) is 2. The van der Waals surface area contributed by atoms with Gasteiger partial charge in [0.1, 0.15) is 13.2 Å². The summed E-state index contributed by atoms with van der Waals surface area (Å²) in [5.74, 6) is 1.58. The van der Waals surface area contributed by atoms with Gasteiger partial charge >= 0.3 is 0 Å². The van der Waals surface area contributed by atoms with Gasteiger partial charge in [0.2, 0.25) is 0 Å². The van der Waals surface area contributed by atoms with Crippen LogP contribution in [0.15, 0.2) is 16.6 Å². The van der Waals surface area contributed by atoms with E-state index in [1.165, 1.54) is 0 Å². The predicted octanol–water partition coefficient (Wildman–Crippen LogP) is 2.61. The molecule has 1 aliphatic rings. The van der Waals surface area contributed by atoms with Crippen LogP contribution < -0.4 is 20.5 Å². The topological polar surface area (TPSA) is 56.5 Å². The molecule has 0 aliphatic carbocycles. The van der Waals surface area contributed by atoms with Crippen LogP contribution in [0.4, 0.5) is 0 Å². The third kappa shape index (κ3) is 3.41. The third-order valence-electron chi connectivity index (χ3n) is 3.36. The van der Waals surface area contributed by atoms with Gasteiger partial charge in [-0.3, -0.25) is 0 Å². The average Bonchev–Trinajstić information content (AvgIpc) is 2.44. The molecular weight excluding hydrogens is 308 g/mol. The molecule has 0 saturated heterocycles. The molecule has 0 aromatic heterocycles. The maximum atomic E-state index is 5.88. The Kier molecular flexibility index (Phi) is 5.07. The highest BCUT2D eigenvalue weighted by Gasteiger charge is 2.20. The predicted molar refractivity (Wildman–Crippen MR) is 79.8 cm³/mol. The van der Waals surface area contributed by atoms with Crippen molar-refractivity contribution in [1.29, 1.82) is 0 Å². The summed E-state index contributed by atoms with van der Waals surface area (Å²) >= 11 is 3.54. The summed E-state index contributed by atoms with van der Waals surface area (Å²) in [6.07, 6.45) is 1.07. The van der Waals surface area contributed by atoms with Gasteiger partial charge in [0, 0.05) is 18.6 Å². The highest BCUT2D eigenvalue weighted by molar-refractivity contribution is 9.10. The summed E-state index contributed by atoms with van der Waals surface area (Å²) < 4.78 is 12.2. The van der Waals surface area contributed by atoms with Gasteiger partial charge in [-0.2, -0.15) is 0 Å². The normalized spacial score (nSPS) is 17.1. The Bertz CT molecular complexity index is 440. The van der Waals surface area contributed by atoms with E-state index in [0.29, 0.717) is 25.8 Å². The lowest BCUT2D eigenvalue weighted by Crippen LogP contribution is -2.34. The van der Waals surface area contributed by atoms with Crippen molar-refractivity contribution in [2.75, 3.05) is 19.8 Å². The highest BCUT2D eigenvalue weighted by atomic mass is 79.9. The van der Waals surface area contributed by atoms with Gasteiger partial charge in [-0.15, -0.1) is 0 Å². The molecule has 1 aliphatic heterocycles. The molecule has 0 bridgehead atoms. The minimum Gasteiger partial charge on any atom is -0.486 e. The lowest BCUT2D eigenvalue weighted by atomic mass is 10.0. The second kappa shape index (κ2) is 6.59. The molecule has 0 fully saturated rings. The smallest absolute Gasteiger partial charge is 0.175 e. The lowest BCUT2D eigenvalue weighted by molar-refractivity contribution is 0.170. The van der Waals surface area contributed by atoms with E-state index in [0.717, 1.165) is 28.0 Å². The van der Waals surface area contributed by atoms with Gasteiger partial charge in [0.15, 0.2) is 11.5 Å². The summed E-state index contributed by atoms with van der Waals surface area (Å²) in [6.45, 7) is 6.06. The Hall–Kier alpha value is -0.780. The maximum Gasteiger partial charge on any atom is 0.175 e. The van der Waals surface area contributed by atoms with Gasteiger partial charge in [-0.25, -0.2) is 0 Å². The number of hydrogen-bond donors (Lipinski definition) is 2. The van der Waals surface area contributed by atoms with Crippen LogP contribution in [0.1, 0.15) is 31.9 Å². The van der Waals surface area contributed by atoms with Crippen LogP contribution in [-0.2, 0) is 0 Å². The first-order chi connectivity index (χ1) is 9.15. The summed E-state index contributed by atoms with van der Waals surface area (Å²) in [5.41, 5.74) is 7.01. The zero-order valence-corrected chi connectivity index (χ0v) is 13.0. The van der Waals surface area contributed by atoms with Crippen molar-refractivity contribution in [3.8, 4) is 11.5 Å². The Morgan fingerprint density at radius 1 is 1.37 bits per heavy atom. The summed E-state index contributed by atoms with van der Waals surface area (Å²) in [6, 6.07) is 4.63. The van der Waals surface area contributed by atoms with Gasteiger partial charge < -0.3 is 20.5 Å². The van der Waals surface area contributed by atoms with E-state index in [4.69, 9.17) is 15.2 Å². The zero-order chi connectivity index (χ0) is 13.8. The fraction of sp³-hybridized carbons (Fsp3) is 0.571. The Morgan fingerprint density at radius 2 is 2.11 bits per heavy atom. The van der Waals surface area contributed by atoms with E-state index in [2.05, 4.69) is 41.2 Å². The van der Waals surface area contributed by atoms with E-state index < -0.39 is 0 Å². The van der Waals surface area contributed by atoms with Crippen LogP contribution in [0.25, 0.3) is 0 Å². The van der Waals surface area contributed by atoms with Crippen LogP contribution in [0.2, 0.25) is 0 Å². The van der Waals surface area contributed by atoms with E-state index in [1.54, 1.807) is 0 Å². The quantitative estimate of drug-likeness (QED) is 0.872. The van der Waals surface area contributed by atoms with Crippen molar-refractivity contribution >= 4 is 15.9 Å². The van der Waals surface area contributed by atoms with Crippen molar-refractivity contribution < 1.29 is 9.47 Å². The molecule has 0 spiro atoms. The number of nitrogens with two attached hydrogens (primary N) is 1. The number of hydrogen-bond acceptors (Lipinski definition) is 4. The number of fused-ring (bicyclic) bond motifs is 1. The van der Waals surface area contributed by atoms with Crippen LogP contribution in [0, 0.1) is 0 Å². The van der Waals surface area contributed by atoms with Crippen LogP contribution in [0.3, 0.4) is 0 Å². The first-order valence-electron chi connectivity index (χ1n) is 6.70. The van der Waals surface area contributed by atoms with Gasteiger partial charge in [0.25, 0.3) is 0 Å². The fourth-order valence-corrected chi connectivity index (χ4v) is 2.67. The van der Waals surface area contributed by atoms with Crippen LogP contribution >= 0.6 is 15.9 Å². The van der Waals surface area contributed by atoms with Crippen LogP contribution in [0.5, 0.6) is 11.5 Å². The molecule has 106 valence electrons. The zero-order valence-electron chi connectivity index (χ0n) is 11.4. The first-order valence-corrected chi connectivity index (χ1v) is 7.50. The molecule has 2 unspecified atom stereocenters. The Morgan fingerprint density at radius 3 is 2.79 bits per heavy atom. The molecular formula is C14H21BrN2O2. The van der Waals surface area contributed by atoms with E-state index in [-0.39, 0.29) is 6.04 Å². The molecule has 0 radical (unpaired) electrons. The molecule has 1 aromatic carbocycles.